The molecule has 6 heteroatoms. The molecule has 0 fully saturated rings. The number of nitrogens with zero attached hydrogens (tertiary/aromatic N) is 2. The van der Waals surface area contributed by atoms with E-state index in [1.54, 1.807) is 6.92 Å². The van der Waals surface area contributed by atoms with Gasteiger partial charge in [0.15, 0.2) is 0 Å². The highest BCUT2D eigenvalue weighted by Gasteiger charge is 2.17. The quantitative estimate of drug-likeness (QED) is 0.515. The number of aryl methyl sites for hydroxylation is 1. The van der Waals surface area contributed by atoms with Crippen LogP contribution < -0.4 is 9.80 Å². The Morgan fingerprint density at radius 2 is 1.89 bits per heavy atom. The predicted molar refractivity (Wildman–Crippen MR) is 106 cm³/mol. The van der Waals surface area contributed by atoms with E-state index >= 15 is 0 Å². The number of carbonyl (C=O) groups excluding carboxylic acids is 1. The van der Waals surface area contributed by atoms with Gasteiger partial charge in [-0.2, -0.15) is 5.06 Å². The molecular formula is C21H26N2O4. The molecule has 0 aliphatic carbocycles. The number of para-hydroxylation sites is 1. The molecule has 0 bridgehead atoms. The molecule has 0 aliphatic heterocycles. The van der Waals surface area contributed by atoms with Gasteiger partial charge in [0, 0.05) is 12.0 Å². The smallest absolute Gasteiger partial charge is 0.250 e. The zero-order valence-electron chi connectivity index (χ0n) is 16.5. The summed E-state index contributed by atoms with van der Waals surface area (Å²) >= 11 is 0. The van der Waals surface area contributed by atoms with E-state index in [1.165, 1.54) is 19.3 Å². The average molecular weight is 370 g/mol. The van der Waals surface area contributed by atoms with Crippen LogP contribution in [0.3, 0.4) is 0 Å². The van der Waals surface area contributed by atoms with Gasteiger partial charge in [0.05, 0.1) is 18.5 Å². The van der Waals surface area contributed by atoms with Crippen molar-refractivity contribution in [3.05, 3.63) is 59.2 Å². The largest absolute Gasteiger partial charge is 0.489 e. The number of amides is 1. The van der Waals surface area contributed by atoms with Crippen molar-refractivity contribution in [1.82, 2.24) is 0 Å². The summed E-state index contributed by atoms with van der Waals surface area (Å²) in [6, 6.07) is 13.4. The van der Waals surface area contributed by atoms with Gasteiger partial charge in [0.2, 0.25) is 0 Å². The molecule has 0 radical (unpaired) electrons. The Bertz CT molecular complexity index is 818. The van der Waals surface area contributed by atoms with Gasteiger partial charge in [-0.05, 0) is 49.2 Å². The fraction of sp³-hybridized carbons (Fsp3) is 0.333. The van der Waals surface area contributed by atoms with Crippen LogP contribution in [0, 0.1) is 6.92 Å². The van der Waals surface area contributed by atoms with Gasteiger partial charge in [-0.25, -0.2) is 0 Å². The second-order valence-electron chi connectivity index (χ2n) is 5.98. The number of hydrogen-bond donors (Lipinski definition) is 0. The molecule has 0 saturated heterocycles. The molecule has 0 N–H and O–H groups in total. The van der Waals surface area contributed by atoms with Crippen molar-refractivity contribution in [3.8, 4) is 5.75 Å². The highest BCUT2D eigenvalue weighted by atomic mass is 16.7. The standard InChI is InChI=1S/C21H26N2O4/c1-6-21(24)23(26-5)19-10-8-7-9-18(19)14-27-20-12-11-17(13-15(20)2)16(3)22-25-4/h7-13H,6,14H2,1-5H3/b22-16+. The normalized spacial score (nSPS) is 11.2. The molecule has 6 nitrogen and oxygen atoms in total. The van der Waals surface area contributed by atoms with Gasteiger partial charge < -0.3 is 9.57 Å². The lowest BCUT2D eigenvalue weighted by atomic mass is 10.1. The number of anilines is 1. The number of carbonyl (C=O) groups is 1. The number of rotatable bonds is 8. The van der Waals surface area contributed by atoms with Gasteiger partial charge >= 0.3 is 0 Å². The lowest BCUT2D eigenvalue weighted by Crippen LogP contribution is -2.30. The van der Waals surface area contributed by atoms with Gasteiger partial charge in [0.1, 0.15) is 19.5 Å². The zero-order chi connectivity index (χ0) is 19.8. The van der Waals surface area contributed by atoms with Crippen LogP contribution in [0.1, 0.15) is 37.0 Å². The van der Waals surface area contributed by atoms with Crippen LogP contribution in [0.4, 0.5) is 5.69 Å². The summed E-state index contributed by atoms with van der Waals surface area (Å²) < 4.78 is 6.00. The van der Waals surface area contributed by atoms with Gasteiger partial charge in [-0.3, -0.25) is 9.63 Å². The molecule has 0 aromatic heterocycles. The van der Waals surface area contributed by atoms with Gasteiger partial charge in [0.25, 0.3) is 5.91 Å². The third-order valence-corrected chi connectivity index (χ3v) is 4.13. The molecule has 0 heterocycles. The Balaban J connectivity index is 2.20. The van der Waals surface area contributed by atoms with Crippen LogP contribution in [0.25, 0.3) is 0 Å². The van der Waals surface area contributed by atoms with Crippen molar-refractivity contribution in [3.63, 3.8) is 0 Å². The molecular weight excluding hydrogens is 344 g/mol. The van der Waals surface area contributed by atoms with E-state index in [9.17, 15) is 4.79 Å². The van der Waals surface area contributed by atoms with E-state index in [-0.39, 0.29) is 5.91 Å². The summed E-state index contributed by atoms with van der Waals surface area (Å²) in [5.41, 5.74) is 4.31. The minimum atomic E-state index is -0.113. The van der Waals surface area contributed by atoms with E-state index < -0.39 is 0 Å². The van der Waals surface area contributed by atoms with Crippen molar-refractivity contribution in [2.75, 3.05) is 19.3 Å². The number of hydrogen-bond acceptors (Lipinski definition) is 5. The highest BCUT2D eigenvalue weighted by Crippen LogP contribution is 2.25. The zero-order valence-corrected chi connectivity index (χ0v) is 16.5. The molecule has 0 saturated carbocycles. The van der Waals surface area contributed by atoms with E-state index in [2.05, 4.69) is 5.16 Å². The van der Waals surface area contributed by atoms with Crippen LogP contribution in [0.2, 0.25) is 0 Å². The number of ether oxygens (including phenoxy) is 1. The number of benzene rings is 2. The maximum Gasteiger partial charge on any atom is 0.250 e. The first-order valence-corrected chi connectivity index (χ1v) is 8.78. The molecule has 2 rings (SSSR count). The van der Waals surface area contributed by atoms with E-state index in [0.717, 1.165) is 28.2 Å². The van der Waals surface area contributed by atoms with Crippen LogP contribution in [-0.2, 0) is 21.1 Å². The maximum atomic E-state index is 12.1. The monoisotopic (exact) mass is 370 g/mol. The predicted octanol–water partition coefficient (Wildman–Crippen LogP) is 4.25. The van der Waals surface area contributed by atoms with Crippen molar-refractivity contribution in [2.24, 2.45) is 5.16 Å². The molecule has 2 aromatic rings. The van der Waals surface area contributed by atoms with Crippen molar-refractivity contribution < 1.29 is 19.2 Å². The highest BCUT2D eigenvalue weighted by molar-refractivity contribution is 5.98. The summed E-state index contributed by atoms with van der Waals surface area (Å²) in [6.45, 7) is 5.98. The van der Waals surface area contributed by atoms with E-state index in [4.69, 9.17) is 14.4 Å². The summed E-state index contributed by atoms with van der Waals surface area (Å²) in [6.07, 6.45) is 0.353. The van der Waals surface area contributed by atoms with Crippen LogP contribution >= 0.6 is 0 Å². The van der Waals surface area contributed by atoms with Crippen LogP contribution in [0.15, 0.2) is 47.6 Å². The fourth-order valence-electron chi connectivity index (χ4n) is 2.69. The van der Waals surface area contributed by atoms with Crippen molar-refractivity contribution in [2.45, 2.75) is 33.8 Å². The van der Waals surface area contributed by atoms with E-state index in [1.807, 2.05) is 56.3 Å². The topological polar surface area (TPSA) is 60.4 Å². The lowest BCUT2D eigenvalue weighted by Gasteiger charge is -2.22. The third kappa shape index (κ3) is 5.08. The molecule has 1 amide bonds. The van der Waals surface area contributed by atoms with Crippen molar-refractivity contribution >= 4 is 17.3 Å². The Kier molecular flexibility index (Phi) is 7.37. The third-order valence-electron chi connectivity index (χ3n) is 4.13. The van der Waals surface area contributed by atoms with Crippen molar-refractivity contribution in [1.29, 1.82) is 0 Å². The first-order chi connectivity index (χ1) is 13.0. The van der Waals surface area contributed by atoms with Crippen LogP contribution in [0.5, 0.6) is 5.75 Å². The molecule has 0 aliphatic rings. The Labute approximate surface area is 160 Å². The fourth-order valence-corrected chi connectivity index (χ4v) is 2.69. The molecule has 0 atom stereocenters. The molecule has 2 aromatic carbocycles. The lowest BCUT2D eigenvalue weighted by molar-refractivity contribution is -0.124. The Morgan fingerprint density at radius 3 is 2.52 bits per heavy atom. The second-order valence-corrected chi connectivity index (χ2v) is 5.98. The minimum absolute atomic E-state index is 0.113. The van der Waals surface area contributed by atoms with Gasteiger partial charge in [-0.15, -0.1) is 0 Å². The number of oxime groups is 1. The molecule has 27 heavy (non-hydrogen) atoms. The summed E-state index contributed by atoms with van der Waals surface area (Å²) in [5.74, 6) is 0.656. The van der Waals surface area contributed by atoms with E-state index in [0.29, 0.717) is 18.7 Å². The average Bonchev–Trinajstić information content (AvgIpc) is 2.68. The summed E-state index contributed by atoms with van der Waals surface area (Å²) in [4.78, 5) is 22.2. The summed E-state index contributed by atoms with van der Waals surface area (Å²) in [5, 5.41) is 5.25. The molecule has 0 unspecified atom stereocenters. The molecule has 144 valence electrons. The molecule has 0 spiro atoms. The Hall–Kier alpha value is -2.86. The number of hydroxylamine groups is 1. The first kappa shape index (κ1) is 20.5. The summed E-state index contributed by atoms with van der Waals surface area (Å²) in [7, 11) is 3.01. The SMILES string of the molecule is CCC(=O)N(OC)c1ccccc1COc1ccc(/C(C)=N/OC)cc1C. The minimum Gasteiger partial charge on any atom is -0.489 e. The first-order valence-electron chi connectivity index (χ1n) is 8.78. The maximum absolute atomic E-state index is 12.1. The van der Waals surface area contributed by atoms with Gasteiger partial charge in [-0.1, -0.05) is 30.3 Å². The Morgan fingerprint density at radius 1 is 1.15 bits per heavy atom. The second kappa shape index (κ2) is 9.73. The van der Waals surface area contributed by atoms with Crippen LogP contribution in [-0.4, -0.2) is 25.8 Å².